The number of benzene rings is 1. The molecule has 0 bridgehead atoms. The van der Waals surface area contributed by atoms with Crippen LogP contribution in [0.3, 0.4) is 0 Å². The maximum absolute atomic E-state index is 11.6. The second-order valence-corrected chi connectivity index (χ2v) is 4.02. The lowest BCUT2D eigenvalue weighted by Crippen LogP contribution is -2.28. The van der Waals surface area contributed by atoms with Crippen molar-refractivity contribution in [1.82, 2.24) is 5.32 Å². The third-order valence-electron chi connectivity index (χ3n) is 2.30. The number of carbonyl (C=O) groups is 2. The van der Waals surface area contributed by atoms with Crippen LogP contribution in [0.2, 0.25) is 0 Å². The molecule has 5 nitrogen and oxygen atoms in total. The quantitative estimate of drug-likeness (QED) is 0.516. The number of carbonyl (C=O) groups excluding carboxylic acids is 1. The van der Waals surface area contributed by atoms with Crippen LogP contribution >= 0.6 is 0 Å². The molecule has 0 saturated heterocycles. The van der Waals surface area contributed by atoms with Gasteiger partial charge in [-0.25, -0.2) is 4.79 Å². The Bertz CT molecular complexity index is 470. The van der Waals surface area contributed by atoms with Crippen molar-refractivity contribution < 1.29 is 14.7 Å². The maximum atomic E-state index is 11.6. The molecular weight excluding hydrogens is 244 g/mol. The largest absolute Gasteiger partial charge is 0.478 e. The molecular formula is C14H18N2O3. The third-order valence-corrected chi connectivity index (χ3v) is 2.30. The smallest absolute Gasteiger partial charge is 0.328 e. The van der Waals surface area contributed by atoms with Gasteiger partial charge in [0.15, 0.2) is 0 Å². The first-order valence-corrected chi connectivity index (χ1v) is 6.13. The Morgan fingerprint density at radius 3 is 2.84 bits per heavy atom. The first-order chi connectivity index (χ1) is 9.11. The highest BCUT2D eigenvalue weighted by atomic mass is 16.4. The minimum absolute atomic E-state index is 0.118. The van der Waals surface area contributed by atoms with Gasteiger partial charge in [-0.2, -0.15) is 0 Å². The second kappa shape index (κ2) is 8.05. The molecule has 19 heavy (non-hydrogen) atoms. The molecule has 0 aliphatic rings. The fourth-order valence-corrected chi connectivity index (χ4v) is 1.47. The van der Waals surface area contributed by atoms with Crippen LogP contribution in [0.5, 0.6) is 0 Å². The second-order valence-electron chi connectivity index (χ2n) is 4.02. The molecule has 0 aromatic heterocycles. The van der Waals surface area contributed by atoms with Gasteiger partial charge >= 0.3 is 5.97 Å². The van der Waals surface area contributed by atoms with Gasteiger partial charge in [0.2, 0.25) is 5.91 Å². The molecule has 0 saturated carbocycles. The number of aliphatic carboxylic acids is 1. The summed E-state index contributed by atoms with van der Waals surface area (Å²) in [7, 11) is 0. The molecule has 1 aromatic carbocycles. The third kappa shape index (κ3) is 6.38. The van der Waals surface area contributed by atoms with E-state index in [-0.39, 0.29) is 12.5 Å². The van der Waals surface area contributed by atoms with Gasteiger partial charge in [-0.05, 0) is 36.7 Å². The van der Waals surface area contributed by atoms with Crippen LogP contribution in [0.15, 0.2) is 30.3 Å². The van der Waals surface area contributed by atoms with Crippen molar-refractivity contribution in [1.29, 1.82) is 0 Å². The summed E-state index contributed by atoms with van der Waals surface area (Å²) in [6.07, 6.45) is 3.51. The standard InChI is InChI=1S/C14H18N2O3/c1-2-8-15-10-13(17)16-12-5-3-4-11(9-12)6-7-14(18)19/h3-7,9,15H,2,8,10H2,1H3,(H,16,17)(H,18,19)/b7-6+. The molecule has 0 radical (unpaired) electrons. The monoisotopic (exact) mass is 262 g/mol. The van der Waals surface area contributed by atoms with Crippen LogP contribution in [0.4, 0.5) is 5.69 Å². The number of amides is 1. The normalized spacial score (nSPS) is 10.6. The summed E-state index contributed by atoms with van der Waals surface area (Å²) < 4.78 is 0. The number of rotatable bonds is 7. The van der Waals surface area contributed by atoms with Gasteiger partial charge in [0.25, 0.3) is 0 Å². The van der Waals surface area contributed by atoms with Crippen molar-refractivity contribution in [3.63, 3.8) is 0 Å². The number of hydrogen-bond donors (Lipinski definition) is 3. The first-order valence-electron chi connectivity index (χ1n) is 6.13. The maximum Gasteiger partial charge on any atom is 0.328 e. The molecule has 1 rings (SSSR count). The predicted molar refractivity (Wildman–Crippen MR) is 74.9 cm³/mol. The van der Waals surface area contributed by atoms with E-state index in [1.165, 1.54) is 6.08 Å². The van der Waals surface area contributed by atoms with Gasteiger partial charge in [-0.1, -0.05) is 19.1 Å². The summed E-state index contributed by atoms with van der Waals surface area (Å²) in [6, 6.07) is 7.01. The molecule has 1 aromatic rings. The minimum Gasteiger partial charge on any atom is -0.478 e. The minimum atomic E-state index is -1.00. The highest BCUT2D eigenvalue weighted by Gasteiger charge is 2.01. The Labute approximate surface area is 112 Å². The van der Waals surface area contributed by atoms with E-state index in [1.807, 2.05) is 6.92 Å². The molecule has 0 aliphatic heterocycles. The van der Waals surface area contributed by atoms with Crippen LogP contribution in [0.25, 0.3) is 6.08 Å². The van der Waals surface area contributed by atoms with Crippen molar-refractivity contribution in [3.8, 4) is 0 Å². The molecule has 102 valence electrons. The number of hydrogen-bond acceptors (Lipinski definition) is 3. The van der Waals surface area contributed by atoms with Gasteiger partial charge in [0, 0.05) is 11.8 Å². The topological polar surface area (TPSA) is 78.4 Å². The summed E-state index contributed by atoms with van der Waals surface area (Å²) in [5.41, 5.74) is 1.37. The first kappa shape index (κ1) is 14.9. The van der Waals surface area contributed by atoms with Gasteiger partial charge < -0.3 is 15.7 Å². The highest BCUT2D eigenvalue weighted by molar-refractivity contribution is 5.92. The summed E-state index contributed by atoms with van der Waals surface area (Å²) in [5.74, 6) is -1.12. The summed E-state index contributed by atoms with van der Waals surface area (Å²) >= 11 is 0. The van der Waals surface area contributed by atoms with Crippen LogP contribution in [0.1, 0.15) is 18.9 Å². The number of nitrogens with one attached hydrogen (secondary N) is 2. The lowest BCUT2D eigenvalue weighted by molar-refractivity contribution is -0.131. The van der Waals surface area contributed by atoms with E-state index in [2.05, 4.69) is 10.6 Å². The van der Waals surface area contributed by atoms with E-state index >= 15 is 0 Å². The Morgan fingerprint density at radius 1 is 1.37 bits per heavy atom. The molecule has 3 N–H and O–H groups in total. The lowest BCUT2D eigenvalue weighted by Gasteiger charge is -2.06. The Kier molecular flexibility index (Phi) is 6.32. The average Bonchev–Trinajstić information content (AvgIpc) is 2.37. The van der Waals surface area contributed by atoms with Crippen LogP contribution in [-0.4, -0.2) is 30.1 Å². The number of anilines is 1. The summed E-state index contributed by atoms with van der Waals surface area (Å²) in [4.78, 5) is 22.0. The highest BCUT2D eigenvalue weighted by Crippen LogP contribution is 2.11. The molecule has 0 atom stereocenters. The zero-order valence-electron chi connectivity index (χ0n) is 10.8. The number of carboxylic acid groups (broad SMARTS) is 1. The zero-order valence-corrected chi connectivity index (χ0v) is 10.8. The Hall–Kier alpha value is -2.14. The summed E-state index contributed by atoms with van der Waals surface area (Å²) in [6.45, 7) is 3.10. The Balaban J connectivity index is 2.56. The fourth-order valence-electron chi connectivity index (χ4n) is 1.47. The van der Waals surface area contributed by atoms with Crippen molar-refractivity contribution in [3.05, 3.63) is 35.9 Å². The van der Waals surface area contributed by atoms with Crippen molar-refractivity contribution in [2.24, 2.45) is 0 Å². The van der Waals surface area contributed by atoms with Gasteiger partial charge in [0.1, 0.15) is 0 Å². The number of carboxylic acids is 1. The van der Waals surface area contributed by atoms with E-state index in [0.29, 0.717) is 5.69 Å². The molecule has 0 fully saturated rings. The van der Waals surface area contributed by atoms with Crippen molar-refractivity contribution in [2.75, 3.05) is 18.4 Å². The Morgan fingerprint density at radius 2 is 2.16 bits per heavy atom. The molecule has 1 amide bonds. The predicted octanol–water partition coefficient (Wildman–Crippen LogP) is 1.72. The van der Waals surface area contributed by atoms with Crippen molar-refractivity contribution in [2.45, 2.75) is 13.3 Å². The van der Waals surface area contributed by atoms with E-state index in [0.717, 1.165) is 24.6 Å². The molecule has 0 heterocycles. The van der Waals surface area contributed by atoms with Crippen molar-refractivity contribution >= 4 is 23.6 Å². The summed E-state index contributed by atoms with van der Waals surface area (Å²) in [5, 5.41) is 14.3. The van der Waals surface area contributed by atoms with Crippen LogP contribution < -0.4 is 10.6 Å². The lowest BCUT2D eigenvalue weighted by atomic mass is 10.2. The SMILES string of the molecule is CCCNCC(=O)Nc1cccc(/C=C/C(=O)O)c1. The van der Waals surface area contributed by atoms with Gasteiger partial charge in [0.05, 0.1) is 6.54 Å². The van der Waals surface area contributed by atoms with Gasteiger partial charge in [-0.15, -0.1) is 0 Å². The van der Waals surface area contributed by atoms with E-state index in [1.54, 1.807) is 24.3 Å². The van der Waals surface area contributed by atoms with Gasteiger partial charge in [-0.3, -0.25) is 4.79 Å². The van der Waals surface area contributed by atoms with Crippen LogP contribution in [-0.2, 0) is 9.59 Å². The average molecular weight is 262 g/mol. The van der Waals surface area contributed by atoms with E-state index < -0.39 is 5.97 Å². The molecule has 0 spiro atoms. The zero-order chi connectivity index (χ0) is 14.1. The van der Waals surface area contributed by atoms with E-state index in [9.17, 15) is 9.59 Å². The van der Waals surface area contributed by atoms with Crippen LogP contribution in [0, 0.1) is 0 Å². The molecule has 0 unspecified atom stereocenters. The molecule has 0 aliphatic carbocycles. The fraction of sp³-hybridized carbons (Fsp3) is 0.286. The van der Waals surface area contributed by atoms with E-state index in [4.69, 9.17) is 5.11 Å². The molecule has 5 heteroatoms.